The van der Waals surface area contributed by atoms with Gasteiger partial charge in [0.05, 0.1) is 19.3 Å². The molecule has 0 spiro atoms. The standard InChI is InChI=1S/C14H9F13O4/c1-2-30-7(28)3-4-8(29)31-6-5-9(15,16)10(17,18)11(19,20)12(21,22)13(23,24)14(25,26)27/h2-4H,1,5-6H2/b4-3+. The normalized spacial score (nSPS) is 14.5. The summed E-state index contributed by atoms with van der Waals surface area (Å²) in [6.45, 7) is 0.990. The average Bonchev–Trinajstić information content (AvgIpc) is 2.58. The molecule has 0 amide bonds. The number of carbonyl (C=O) groups excluding carboxylic acids is 2. The molecule has 17 heteroatoms. The van der Waals surface area contributed by atoms with Gasteiger partial charge < -0.3 is 9.47 Å². The molecule has 0 N–H and O–H groups in total. The first-order valence-electron chi connectivity index (χ1n) is 7.22. The van der Waals surface area contributed by atoms with Gasteiger partial charge in [-0.2, -0.15) is 57.1 Å². The Morgan fingerprint density at radius 3 is 1.52 bits per heavy atom. The molecule has 0 bridgehead atoms. The summed E-state index contributed by atoms with van der Waals surface area (Å²) in [5.74, 6) is -40.6. The molecule has 0 aromatic heterocycles. The van der Waals surface area contributed by atoms with Crippen LogP contribution in [0.4, 0.5) is 57.1 Å². The highest BCUT2D eigenvalue weighted by molar-refractivity contribution is 5.91. The van der Waals surface area contributed by atoms with E-state index in [1.165, 1.54) is 0 Å². The van der Waals surface area contributed by atoms with E-state index in [0.717, 1.165) is 0 Å². The Labute approximate surface area is 163 Å². The average molecular weight is 488 g/mol. The van der Waals surface area contributed by atoms with E-state index in [-0.39, 0.29) is 6.08 Å². The van der Waals surface area contributed by atoms with Crippen LogP contribution in [0.3, 0.4) is 0 Å². The van der Waals surface area contributed by atoms with Gasteiger partial charge in [-0.1, -0.05) is 6.58 Å². The number of hydrogen-bond acceptors (Lipinski definition) is 4. The second-order valence-electron chi connectivity index (χ2n) is 5.35. The van der Waals surface area contributed by atoms with Crippen LogP contribution in [0, 0.1) is 0 Å². The van der Waals surface area contributed by atoms with Crippen molar-refractivity contribution in [3.8, 4) is 0 Å². The second-order valence-corrected chi connectivity index (χ2v) is 5.35. The van der Waals surface area contributed by atoms with Crippen molar-refractivity contribution in [3.63, 3.8) is 0 Å². The Hall–Kier alpha value is -2.49. The maximum atomic E-state index is 13.4. The van der Waals surface area contributed by atoms with Crippen LogP contribution in [0.15, 0.2) is 25.0 Å². The molecule has 0 radical (unpaired) electrons. The first-order valence-corrected chi connectivity index (χ1v) is 7.22. The summed E-state index contributed by atoms with van der Waals surface area (Å²) in [6, 6.07) is 0. The first kappa shape index (κ1) is 28.5. The second kappa shape index (κ2) is 8.94. The van der Waals surface area contributed by atoms with Crippen LogP contribution in [-0.2, 0) is 19.1 Å². The van der Waals surface area contributed by atoms with Gasteiger partial charge in [0.15, 0.2) is 0 Å². The van der Waals surface area contributed by atoms with Crippen molar-refractivity contribution < 1.29 is 76.1 Å². The number of hydrogen-bond donors (Lipinski definition) is 0. The topological polar surface area (TPSA) is 52.6 Å². The fourth-order valence-corrected chi connectivity index (χ4v) is 1.54. The highest BCUT2D eigenvalue weighted by atomic mass is 19.4. The van der Waals surface area contributed by atoms with Crippen LogP contribution < -0.4 is 0 Å². The zero-order chi connectivity index (χ0) is 25.1. The number of rotatable bonds is 10. The van der Waals surface area contributed by atoms with Gasteiger partial charge in [0.2, 0.25) is 0 Å². The minimum Gasteiger partial charge on any atom is -0.462 e. The number of carbonyl (C=O) groups is 2. The molecule has 180 valence electrons. The molecule has 0 aliphatic carbocycles. The van der Waals surface area contributed by atoms with Gasteiger partial charge in [-0.3, -0.25) is 0 Å². The van der Waals surface area contributed by atoms with Crippen molar-refractivity contribution in [2.45, 2.75) is 42.2 Å². The summed E-state index contributed by atoms with van der Waals surface area (Å²) in [5.41, 5.74) is 0. The zero-order valence-corrected chi connectivity index (χ0v) is 14.4. The molecule has 0 aliphatic heterocycles. The van der Waals surface area contributed by atoms with Gasteiger partial charge in [0.25, 0.3) is 0 Å². The van der Waals surface area contributed by atoms with Gasteiger partial charge in [0, 0.05) is 12.2 Å². The van der Waals surface area contributed by atoms with Crippen molar-refractivity contribution in [3.05, 3.63) is 25.0 Å². The molecule has 0 aliphatic rings. The highest BCUT2D eigenvalue weighted by Gasteiger charge is 2.90. The van der Waals surface area contributed by atoms with Crippen molar-refractivity contribution in [2.24, 2.45) is 0 Å². The van der Waals surface area contributed by atoms with Crippen LogP contribution in [0.25, 0.3) is 0 Å². The third kappa shape index (κ3) is 5.41. The van der Waals surface area contributed by atoms with Crippen molar-refractivity contribution in [1.29, 1.82) is 0 Å². The number of alkyl halides is 13. The van der Waals surface area contributed by atoms with E-state index in [9.17, 15) is 66.7 Å². The Kier molecular flexibility index (Phi) is 8.22. The summed E-state index contributed by atoms with van der Waals surface area (Å²) < 4.78 is 175. The van der Waals surface area contributed by atoms with Gasteiger partial charge in [-0.15, -0.1) is 0 Å². The molecule has 0 atom stereocenters. The molecule has 0 aromatic rings. The number of halogens is 13. The van der Waals surface area contributed by atoms with Crippen molar-refractivity contribution in [2.75, 3.05) is 6.61 Å². The van der Waals surface area contributed by atoms with Crippen LogP contribution in [0.2, 0.25) is 0 Å². The summed E-state index contributed by atoms with van der Waals surface area (Å²) in [6.07, 6.45) is -9.17. The molecule has 0 heterocycles. The summed E-state index contributed by atoms with van der Waals surface area (Å²) in [4.78, 5) is 21.8. The number of ether oxygens (including phenoxy) is 2. The van der Waals surface area contributed by atoms with Crippen molar-refractivity contribution in [1.82, 2.24) is 0 Å². The molecule has 0 aromatic carbocycles. The van der Waals surface area contributed by atoms with E-state index >= 15 is 0 Å². The lowest BCUT2D eigenvalue weighted by atomic mass is 9.93. The van der Waals surface area contributed by atoms with E-state index in [4.69, 9.17) is 0 Å². The molecule has 0 unspecified atom stereocenters. The van der Waals surface area contributed by atoms with Crippen LogP contribution in [0.5, 0.6) is 0 Å². The molecule has 31 heavy (non-hydrogen) atoms. The van der Waals surface area contributed by atoms with Crippen LogP contribution >= 0.6 is 0 Å². The molecular formula is C14H9F13O4. The van der Waals surface area contributed by atoms with Gasteiger partial charge in [-0.25, -0.2) is 9.59 Å². The minimum atomic E-state index is -8.00. The van der Waals surface area contributed by atoms with Gasteiger partial charge >= 0.3 is 47.7 Å². The van der Waals surface area contributed by atoms with Crippen LogP contribution in [0.1, 0.15) is 6.42 Å². The van der Waals surface area contributed by atoms with Gasteiger partial charge in [-0.05, 0) is 0 Å². The third-order valence-corrected chi connectivity index (χ3v) is 3.21. The number of esters is 2. The van der Waals surface area contributed by atoms with E-state index in [1.807, 2.05) is 0 Å². The highest BCUT2D eigenvalue weighted by Crippen LogP contribution is 2.60. The lowest BCUT2D eigenvalue weighted by Gasteiger charge is -2.39. The molecular weight excluding hydrogens is 479 g/mol. The Balaban J connectivity index is 5.53. The lowest BCUT2D eigenvalue weighted by molar-refractivity contribution is -0.440. The Morgan fingerprint density at radius 2 is 1.10 bits per heavy atom. The predicted octanol–water partition coefficient (Wildman–Crippen LogP) is 4.90. The summed E-state index contributed by atoms with van der Waals surface area (Å²) in [5, 5.41) is 0. The van der Waals surface area contributed by atoms with Crippen LogP contribution in [-0.4, -0.2) is 54.3 Å². The van der Waals surface area contributed by atoms with E-state index < -0.39 is 60.8 Å². The molecule has 0 saturated carbocycles. The van der Waals surface area contributed by atoms with Crippen molar-refractivity contribution >= 4 is 11.9 Å². The molecule has 4 nitrogen and oxygen atoms in total. The quantitative estimate of drug-likeness (QED) is 0.190. The Bertz CT molecular complexity index is 709. The van der Waals surface area contributed by atoms with E-state index in [2.05, 4.69) is 16.1 Å². The maximum absolute atomic E-state index is 13.4. The van der Waals surface area contributed by atoms with Gasteiger partial charge in [0.1, 0.15) is 0 Å². The fraction of sp³-hybridized carbons (Fsp3) is 0.571. The summed E-state index contributed by atoms with van der Waals surface area (Å²) in [7, 11) is 0. The lowest BCUT2D eigenvalue weighted by Crippen LogP contribution is -2.70. The zero-order valence-electron chi connectivity index (χ0n) is 14.4. The largest absolute Gasteiger partial charge is 0.462 e. The smallest absolute Gasteiger partial charge is 0.460 e. The monoisotopic (exact) mass is 488 g/mol. The minimum absolute atomic E-state index is 0.161. The molecule has 0 saturated heterocycles. The fourth-order valence-electron chi connectivity index (χ4n) is 1.54. The molecule has 0 fully saturated rings. The molecule has 0 rings (SSSR count). The predicted molar refractivity (Wildman–Crippen MR) is 71.8 cm³/mol. The summed E-state index contributed by atoms with van der Waals surface area (Å²) >= 11 is 0. The Morgan fingerprint density at radius 1 is 0.677 bits per heavy atom. The third-order valence-electron chi connectivity index (χ3n) is 3.21. The SMILES string of the molecule is C=COC(=O)/C=C/C(=O)OCCC(F)(F)C(F)(F)C(F)(F)C(F)(F)C(F)(F)C(F)(F)F. The first-order chi connectivity index (χ1) is 13.6. The van der Waals surface area contributed by atoms with E-state index in [1.54, 1.807) is 0 Å². The van der Waals surface area contributed by atoms with E-state index in [0.29, 0.717) is 12.3 Å². The maximum Gasteiger partial charge on any atom is 0.460 e.